The SMILES string of the molecule is CC(C)(C)OC(=O)CN(CC(=O)O)c1ccc(O)cc1. The van der Waals surface area contributed by atoms with E-state index in [-0.39, 0.29) is 18.8 Å². The van der Waals surface area contributed by atoms with Crippen molar-refractivity contribution < 1.29 is 24.5 Å². The summed E-state index contributed by atoms with van der Waals surface area (Å²) in [7, 11) is 0. The van der Waals surface area contributed by atoms with Gasteiger partial charge in [0.15, 0.2) is 0 Å². The summed E-state index contributed by atoms with van der Waals surface area (Å²) < 4.78 is 5.17. The quantitative estimate of drug-likeness (QED) is 0.798. The molecule has 0 fully saturated rings. The number of phenols is 1. The number of carboxylic acids is 1. The van der Waals surface area contributed by atoms with Gasteiger partial charge < -0.3 is 19.8 Å². The Bertz CT molecular complexity index is 475. The molecule has 0 bridgehead atoms. The molecule has 110 valence electrons. The average Bonchev–Trinajstić information content (AvgIpc) is 2.25. The zero-order valence-corrected chi connectivity index (χ0v) is 11.8. The Morgan fingerprint density at radius 2 is 1.70 bits per heavy atom. The molecule has 0 aromatic heterocycles. The van der Waals surface area contributed by atoms with Gasteiger partial charge in [0.1, 0.15) is 24.4 Å². The number of hydrogen-bond donors (Lipinski definition) is 2. The highest BCUT2D eigenvalue weighted by Crippen LogP contribution is 2.18. The van der Waals surface area contributed by atoms with E-state index in [9.17, 15) is 14.7 Å². The number of carbonyl (C=O) groups is 2. The standard InChI is InChI=1S/C14H19NO5/c1-14(2,3)20-13(19)9-15(8-12(17)18)10-4-6-11(16)7-5-10/h4-7,16H,8-9H2,1-3H3,(H,17,18). The van der Waals surface area contributed by atoms with E-state index < -0.39 is 17.5 Å². The average molecular weight is 281 g/mol. The highest BCUT2D eigenvalue weighted by molar-refractivity contribution is 5.80. The lowest BCUT2D eigenvalue weighted by atomic mass is 10.2. The summed E-state index contributed by atoms with van der Waals surface area (Å²) in [6.45, 7) is 4.73. The van der Waals surface area contributed by atoms with Crippen molar-refractivity contribution in [1.82, 2.24) is 0 Å². The maximum atomic E-state index is 11.8. The van der Waals surface area contributed by atoms with Crippen LogP contribution >= 0.6 is 0 Å². The van der Waals surface area contributed by atoms with Gasteiger partial charge in [0.05, 0.1) is 0 Å². The highest BCUT2D eigenvalue weighted by Gasteiger charge is 2.20. The van der Waals surface area contributed by atoms with Crippen molar-refractivity contribution in [2.75, 3.05) is 18.0 Å². The zero-order valence-electron chi connectivity index (χ0n) is 11.8. The second kappa shape index (κ2) is 6.27. The van der Waals surface area contributed by atoms with Crippen molar-refractivity contribution in [3.63, 3.8) is 0 Å². The molecule has 0 aliphatic carbocycles. The molecule has 0 radical (unpaired) electrons. The lowest BCUT2D eigenvalue weighted by Crippen LogP contribution is -2.37. The normalized spacial score (nSPS) is 10.9. The second-order valence-electron chi connectivity index (χ2n) is 5.35. The van der Waals surface area contributed by atoms with Crippen molar-refractivity contribution in [3.05, 3.63) is 24.3 Å². The number of nitrogens with zero attached hydrogens (tertiary/aromatic N) is 1. The first-order chi connectivity index (χ1) is 9.17. The molecule has 0 atom stereocenters. The van der Waals surface area contributed by atoms with Gasteiger partial charge >= 0.3 is 11.9 Å². The largest absolute Gasteiger partial charge is 0.508 e. The summed E-state index contributed by atoms with van der Waals surface area (Å²) in [5.74, 6) is -1.49. The van der Waals surface area contributed by atoms with E-state index in [4.69, 9.17) is 9.84 Å². The number of aliphatic carboxylic acids is 1. The van der Waals surface area contributed by atoms with Crippen LogP contribution in [0.3, 0.4) is 0 Å². The summed E-state index contributed by atoms with van der Waals surface area (Å²) in [5.41, 5.74) is -0.0999. The number of rotatable bonds is 5. The Kier molecular flexibility index (Phi) is 4.96. The number of anilines is 1. The zero-order chi connectivity index (χ0) is 15.3. The minimum atomic E-state index is -1.05. The number of phenolic OH excluding ortho intramolecular Hbond substituents is 1. The number of esters is 1. The molecule has 1 aromatic carbocycles. The van der Waals surface area contributed by atoms with Crippen LogP contribution in [0.5, 0.6) is 5.75 Å². The van der Waals surface area contributed by atoms with Gasteiger partial charge in [0, 0.05) is 5.69 Å². The van der Waals surface area contributed by atoms with E-state index in [0.29, 0.717) is 5.69 Å². The predicted molar refractivity (Wildman–Crippen MR) is 73.8 cm³/mol. The Balaban J connectivity index is 2.82. The number of carbonyl (C=O) groups excluding carboxylic acids is 1. The fourth-order valence-electron chi connectivity index (χ4n) is 1.59. The molecule has 1 rings (SSSR count). The summed E-state index contributed by atoms with van der Waals surface area (Å²) in [4.78, 5) is 24.0. The molecule has 0 spiro atoms. The molecule has 0 amide bonds. The molecule has 0 aliphatic rings. The minimum absolute atomic E-state index is 0.0706. The summed E-state index contributed by atoms with van der Waals surface area (Å²) in [6.07, 6.45) is 0. The number of hydrogen-bond acceptors (Lipinski definition) is 5. The number of aromatic hydroxyl groups is 1. The first kappa shape index (κ1) is 15.8. The number of carboxylic acid groups (broad SMARTS) is 1. The van der Waals surface area contributed by atoms with E-state index in [2.05, 4.69) is 0 Å². The van der Waals surface area contributed by atoms with Crippen LogP contribution in [-0.4, -0.2) is 40.8 Å². The van der Waals surface area contributed by atoms with E-state index in [1.807, 2.05) is 0 Å². The molecule has 6 heteroatoms. The van der Waals surface area contributed by atoms with Crippen LogP contribution in [0.1, 0.15) is 20.8 Å². The molecule has 0 saturated heterocycles. The van der Waals surface area contributed by atoms with Gasteiger partial charge in [-0.25, -0.2) is 0 Å². The van der Waals surface area contributed by atoms with Crippen LogP contribution in [0, 0.1) is 0 Å². The first-order valence-corrected chi connectivity index (χ1v) is 6.15. The third-order valence-corrected chi connectivity index (χ3v) is 2.28. The molecule has 2 N–H and O–H groups in total. The fraction of sp³-hybridized carbons (Fsp3) is 0.429. The van der Waals surface area contributed by atoms with Gasteiger partial charge in [0.2, 0.25) is 0 Å². The number of benzene rings is 1. The first-order valence-electron chi connectivity index (χ1n) is 6.15. The van der Waals surface area contributed by atoms with Gasteiger partial charge in [-0.05, 0) is 45.0 Å². The number of ether oxygens (including phenoxy) is 1. The Morgan fingerprint density at radius 3 is 2.15 bits per heavy atom. The predicted octanol–water partition coefficient (Wildman–Crippen LogP) is 1.62. The Labute approximate surface area is 117 Å². The van der Waals surface area contributed by atoms with Crippen molar-refractivity contribution in [2.45, 2.75) is 26.4 Å². The maximum absolute atomic E-state index is 11.8. The minimum Gasteiger partial charge on any atom is -0.508 e. The van der Waals surface area contributed by atoms with Crippen LogP contribution in [0.2, 0.25) is 0 Å². The van der Waals surface area contributed by atoms with E-state index in [0.717, 1.165) is 0 Å². The molecular weight excluding hydrogens is 262 g/mol. The van der Waals surface area contributed by atoms with Crippen LogP contribution in [-0.2, 0) is 14.3 Å². The Hall–Kier alpha value is -2.24. The molecule has 20 heavy (non-hydrogen) atoms. The van der Waals surface area contributed by atoms with Crippen LogP contribution in [0.25, 0.3) is 0 Å². The third-order valence-electron chi connectivity index (χ3n) is 2.28. The smallest absolute Gasteiger partial charge is 0.326 e. The molecule has 1 aromatic rings. The molecule has 6 nitrogen and oxygen atoms in total. The van der Waals surface area contributed by atoms with E-state index in [1.54, 1.807) is 32.9 Å². The fourth-order valence-corrected chi connectivity index (χ4v) is 1.59. The Morgan fingerprint density at radius 1 is 1.15 bits per heavy atom. The lowest BCUT2D eigenvalue weighted by Gasteiger charge is -2.25. The van der Waals surface area contributed by atoms with Gasteiger partial charge in [0.25, 0.3) is 0 Å². The molecule has 0 unspecified atom stereocenters. The third kappa shape index (κ3) is 5.60. The highest BCUT2D eigenvalue weighted by atomic mass is 16.6. The maximum Gasteiger partial charge on any atom is 0.326 e. The van der Waals surface area contributed by atoms with Gasteiger partial charge in [-0.2, -0.15) is 0 Å². The topological polar surface area (TPSA) is 87.1 Å². The van der Waals surface area contributed by atoms with E-state index >= 15 is 0 Å². The van der Waals surface area contributed by atoms with Crippen LogP contribution < -0.4 is 4.90 Å². The van der Waals surface area contributed by atoms with Gasteiger partial charge in [-0.3, -0.25) is 9.59 Å². The molecule has 0 heterocycles. The van der Waals surface area contributed by atoms with E-state index in [1.165, 1.54) is 17.0 Å². The van der Waals surface area contributed by atoms with Crippen LogP contribution in [0.4, 0.5) is 5.69 Å². The monoisotopic (exact) mass is 281 g/mol. The lowest BCUT2D eigenvalue weighted by molar-refractivity contribution is -0.153. The molecule has 0 aliphatic heterocycles. The summed E-state index contributed by atoms with van der Waals surface area (Å²) in [5, 5.41) is 18.1. The van der Waals surface area contributed by atoms with Crippen molar-refractivity contribution >= 4 is 17.6 Å². The molecular formula is C14H19NO5. The van der Waals surface area contributed by atoms with Crippen molar-refractivity contribution in [1.29, 1.82) is 0 Å². The second-order valence-corrected chi connectivity index (χ2v) is 5.35. The summed E-state index contributed by atoms with van der Waals surface area (Å²) in [6, 6.07) is 5.95. The van der Waals surface area contributed by atoms with Crippen LogP contribution in [0.15, 0.2) is 24.3 Å². The molecule has 0 saturated carbocycles. The van der Waals surface area contributed by atoms with Gasteiger partial charge in [-0.15, -0.1) is 0 Å². The van der Waals surface area contributed by atoms with Gasteiger partial charge in [-0.1, -0.05) is 0 Å². The van der Waals surface area contributed by atoms with Crippen molar-refractivity contribution in [3.8, 4) is 5.75 Å². The van der Waals surface area contributed by atoms with Crippen molar-refractivity contribution in [2.24, 2.45) is 0 Å². The summed E-state index contributed by atoms with van der Waals surface area (Å²) >= 11 is 0.